The largest absolute Gasteiger partial charge is 0.504 e. The molecule has 0 aliphatic heterocycles. The van der Waals surface area contributed by atoms with Crippen molar-refractivity contribution in [1.29, 1.82) is 0 Å². The monoisotopic (exact) mass is 168 g/mol. The molecule has 0 radical (unpaired) electrons. The highest BCUT2D eigenvalue weighted by atomic mass is 16.3. The number of aliphatic hydroxyl groups is 1. The minimum absolute atomic E-state index is 0.0875. The van der Waals surface area contributed by atoms with E-state index in [0.717, 1.165) is 0 Å². The van der Waals surface area contributed by atoms with E-state index in [2.05, 4.69) is 0 Å². The highest BCUT2D eigenvalue weighted by molar-refractivity contribution is 5.41. The van der Waals surface area contributed by atoms with Gasteiger partial charge in [0.15, 0.2) is 11.5 Å². The van der Waals surface area contributed by atoms with Crippen LogP contribution in [0, 0.1) is 0 Å². The molecule has 66 valence electrons. The summed E-state index contributed by atoms with van der Waals surface area (Å²) >= 11 is 0. The van der Waals surface area contributed by atoms with Gasteiger partial charge in [-0.3, -0.25) is 0 Å². The van der Waals surface area contributed by atoms with Gasteiger partial charge in [-0.1, -0.05) is 6.07 Å². The number of aromatic hydroxyl groups is 2. The number of phenols is 2. The van der Waals surface area contributed by atoms with Crippen molar-refractivity contribution in [2.24, 2.45) is 5.73 Å². The lowest BCUT2D eigenvalue weighted by molar-refractivity contribution is 0.186. The molecule has 5 N–H and O–H groups in total. The molecule has 1 unspecified atom stereocenters. The van der Waals surface area contributed by atoms with Crippen LogP contribution >= 0.6 is 0 Å². The third-order valence-electron chi connectivity index (χ3n) is 1.61. The topological polar surface area (TPSA) is 86.7 Å². The minimum atomic E-state index is -0.795. The predicted molar refractivity (Wildman–Crippen MR) is 43.8 cm³/mol. The number of phenolic OH excluding ortho intramolecular Hbond substituents is 2. The van der Waals surface area contributed by atoms with Crippen LogP contribution in [0.5, 0.6) is 11.5 Å². The molecule has 0 amide bonds. The fourth-order valence-electron chi connectivity index (χ4n) is 0.884. The number of hydrogen-bond acceptors (Lipinski definition) is 4. The summed E-state index contributed by atoms with van der Waals surface area (Å²) in [6.45, 7) is 0.0875. The normalized spacial score (nSPS) is 12.8. The lowest BCUT2D eigenvalue weighted by Crippen LogP contribution is -2.11. The van der Waals surface area contributed by atoms with Gasteiger partial charge in [0, 0.05) is 6.54 Å². The van der Waals surface area contributed by atoms with Crippen LogP contribution < -0.4 is 5.73 Å². The summed E-state index contributed by atoms with van der Waals surface area (Å²) in [6, 6.07) is 4.10. The second-order valence-electron chi connectivity index (χ2n) is 2.50. The molecule has 0 aliphatic carbocycles. The van der Waals surface area contributed by atoms with Crippen LogP contribution in [0.15, 0.2) is 18.2 Å². The molecule has 0 bridgehead atoms. The van der Waals surface area contributed by atoms with Crippen LogP contribution in [-0.2, 0) is 0 Å². The van der Waals surface area contributed by atoms with Crippen molar-refractivity contribution in [2.45, 2.75) is 6.10 Å². The summed E-state index contributed by atoms with van der Waals surface area (Å²) in [5.74, 6) is -0.456. The molecule has 0 aliphatic rings. The van der Waals surface area contributed by atoms with E-state index in [1.165, 1.54) is 18.2 Å². The van der Waals surface area contributed by atoms with E-state index in [-0.39, 0.29) is 18.0 Å². The van der Waals surface area contributed by atoms with E-state index in [1.807, 2.05) is 0 Å². The number of benzene rings is 1. The van der Waals surface area contributed by atoms with Gasteiger partial charge >= 0.3 is 0 Å². The molecule has 0 saturated carbocycles. The van der Waals surface area contributed by atoms with E-state index in [9.17, 15) is 5.11 Å². The molecule has 0 fully saturated rings. The predicted octanol–water partition coefficient (Wildman–Crippen LogP) is 0.0899. The average Bonchev–Trinajstić information content (AvgIpc) is 2.08. The van der Waals surface area contributed by atoms with Crippen LogP contribution in [0.1, 0.15) is 11.7 Å². The van der Waals surface area contributed by atoms with Crippen molar-refractivity contribution < 1.29 is 15.3 Å². The number of rotatable bonds is 2. The van der Waals surface area contributed by atoms with Crippen LogP contribution in [-0.4, -0.2) is 21.9 Å². The maximum Gasteiger partial charge on any atom is 0.157 e. The van der Waals surface area contributed by atoms with E-state index < -0.39 is 6.10 Å². The van der Waals surface area contributed by atoms with Gasteiger partial charge in [0.25, 0.3) is 0 Å². The Kier molecular flexibility index (Phi) is 2.52. The molecule has 0 aromatic heterocycles. The molecule has 1 rings (SSSR count). The van der Waals surface area contributed by atoms with Crippen LogP contribution in [0.3, 0.4) is 0 Å². The quantitative estimate of drug-likeness (QED) is 0.471. The molecule has 1 atom stereocenters. The third kappa shape index (κ3) is 1.66. The zero-order chi connectivity index (χ0) is 9.14. The zero-order valence-electron chi connectivity index (χ0n) is 6.44. The van der Waals surface area contributed by atoms with Crippen molar-refractivity contribution in [3.63, 3.8) is 0 Å². The smallest absolute Gasteiger partial charge is 0.157 e. The standard InChI is InChI=1S/C8H11NO3/c9-4-8(12)5-1-2-6(10)7(11)3-5/h1-3,8,10-12H,4,9H2/i4-1. The molecular weight excluding hydrogens is 157 g/mol. The summed E-state index contributed by atoms with van der Waals surface area (Å²) in [5.41, 5.74) is 5.69. The number of nitrogens with two attached hydrogens (primary N) is 1. The Bertz CT molecular complexity index is 275. The summed E-state index contributed by atoms with van der Waals surface area (Å²) in [4.78, 5) is 0. The van der Waals surface area contributed by atoms with Crippen LogP contribution in [0.4, 0.5) is 0 Å². The molecule has 1 aromatic rings. The first-order valence-electron chi connectivity index (χ1n) is 3.55. The van der Waals surface area contributed by atoms with Gasteiger partial charge in [-0.25, -0.2) is 0 Å². The van der Waals surface area contributed by atoms with Crippen molar-refractivity contribution in [1.82, 2.24) is 0 Å². The maximum absolute atomic E-state index is 9.23. The van der Waals surface area contributed by atoms with E-state index in [4.69, 9.17) is 15.9 Å². The van der Waals surface area contributed by atoms with Gasteiger partial charge in [0.1, 0.15) is 0 Å². The van der Waals surface area contributed by atoms with Gasteiger partial charge < -0.3 is 21.1 Å². The lowest BCUT2D eigenvalue weighted by atomic mass is 9.91. The van der Waals surface area contributed by atoms with Crippen LogP contribution in [0.2, 0.25) is 0 Å². The summed E-state index contributed by atoms with van der Waals surface area (Å²) in [7, 11) is 0. The Labute approximate surface area is 69.9 Å². The maximum atomic E-state index is 9.23. The minimum Gasteiger partial charge on any atom is -0.504 e. The van der Waals surface area contributed by atoms with Crippen molar-refractivity contribution in [3.8, 4) is 11.5 Å². The van der Waals surface area contributed by atoms with Gasteiger partial charge in [-0.2, -0.15) is 0 Å². The Morgan fingerprint density at radius 2 is 1.92 bits per heavy atom. The lowest BCUT2D eigenvalue weighted by Gasteiger charge is -2.08. The van der Waals surface area contributed by atoms with Crippen molar-refractivity contribution >= 4 is 0 Å². The summed E-state index contributed by atoms with van der Waals surface area (Å²) in [6.07, 6.45) is -0.795. The molecule has 0 spiro atoms. The first kappa shape index (κ1) is 8.83. The fraction of sp³-hybridized carbons (Fsp3) is 0.250. The van der Waals surface area contributed by atoms with E-state index in [1.54, 1.807) is 0 Å². The molecule has 4 nitrogen and oxygen atoms in total. The second-order valence-corrected chi connectivity index (χ2v) is 2.50. The Balaban J connectivity index is 2.96. The molecular formula is C8H11NO3. The van der Waals surface area contributed by atoms with E-state index >= 15 is 0 Å². The number of hydrogen-bond donors (Lipinski definition) is 4. The third-order valence-corrected chi connectivity index (χ3v) is 1.61. The van der Waals surface area contributed by atoms with Crippen molar-refractivity contribution in [2.75, 3.05) is 6.54 Å². The highest BCUT2D eigenvalue weighted by Crippen LogP contribution is 2.27. The highest BCUT2D eigenvalue weighted by Gasteiger charge is 2.07. The number of aliphatic hydroxyl groups excluding tert-OH is 1. The second kappa shape index (κ2) is 3.42. The molecule has 0 saturated heterocycles. The molecule has 12 heavy (non-hydrogen) atoms. The van der Waals surface area contributed by atoms with Gasteiger partial charge in [-0.05, 0) is 17.7 Å². The molecule has 0 heterocycles. The first-order chi connectivity index (χ1) is 5.65. The average molecular weight is 168 g/mol. The SMILES string of the molecule is N[11CH2]C(O)c1ccc(O)c(O)c1. The summed E-state index contributed by atoms with van der Waals surface area (Å²) in [5, 5.41) is 27.2. The van der Waals surface area contributed by atoms with Gasteiger partial charge in [0.2, 0.25) is 0 Å². The van der Waals surface area contributed by atoms with Crippen LogP contribution in [0.25, 0.3) is 0 Å². The molecule has 1 aromatic carbocycles. The van der Waals surface area contributed by atoms with E-state index in [0.29, 0.717) is 5.56 Å². The summed E-state index contributed by atoms with van der Waals surface area (Å²) < 4.78 is 0. The first-order valence-corrected chi connectivity index (χ1v) is 3.55. The fourth-order valence-corrected chi connectivity index (χ4v) is 0.884. The Morgan fingerprint density at radius 1 is 1.25 bits per heavy atom. The van der Waals surface area contributed by atoms with Crippen molar-refractivity contribution in [3.05, 3.63) is 23.8 Å². The Hall–Kier alpha value is -1.26. The zero-order valence-corrected chi connectivity index (χ0v) is 6.44. The Morgan fingerprint density at radius 3 is 2.42 bits per heavy atom. The van der Waals surface area contributed by atoms with Gasteiger partial charge in [0.05, 0.1) is 6.10 Å². The van der Waals surface area contributed by atoms with Gasteiger partial charge in [-0.15, -0.1) is 0 Å². The molecule has 4 heteroatoms.